The van der Waals surface area contributed by atoms with Crippen molar-refractivity contribution in [2.75, 3.05) is 0 Å². The van der Waals surface area contributed by atoms with Gasteiger partial charge in [-0.1, -0.05) is 54.1 Å². The first-order valence-electron chi connectivity index (χ1n) is 9.50. The fourth-order valence-corrected chi connectivity index (χ4v) is 4.22. The summed E-state index contributed by atoms with van der Waals surface area (Å²) in [6.07, 6.45) is 0.873. The van der Waals surface area contributed by atoms with E-state index in [-0.39, 0.29) is 0 Å². The van der Waals surface area contributed by atoms with Gasteiger partial charge in [-0.05, 0) is 66.4 Å². The van der Waals surface area contributed by atoms with Gasteiger partial charge in [0, 0.05) is 22.8 Å². The molecule has 0 aliphatic rings. The minimum atomic E-state index is 0.873. The van der Waals surface area contributed by atoms with Crippen molar-refractivity contribution in [2.24, 2.45) is 0 Å². The Labute approximate surface area is 159 Å². The lowest BCUT2D eigenvalue weighted by atomic mass is 9.94. The molecule has 0 bridgehead atoms. The fraction of sp³-hybridized carbons (Fsp3) is 0.154. The number of benzene rings is 4. The van der Waals surface area contributed by atoms with Crippen LogP contribution in [0, 0.1) is 20.8 Å². The zero-order valence-electron chi connectivity index (χ0n) is 16.0. The van der Waals surface area contributed by atoms with Crippen molar-refractivity contribution in [3.8, 4) is 0 Å². The lowest BCUT2D eigenvalue weighted by Crippen LogP contribution is -1.93. The molecule has 5 rings (SSSR count). The second kappa shape index (κ2) is 5.99. The monoisotopic (exact) mass is 350 g/mol. The summed E-state index contributed by atoms with van der Waals surface area (Å²) in [6, 6.07) is 24.1. The maximum absolute atomic E-state index is 6.30. The number of hydrogen-bond acceptors (Lipinski definition) is 1. The number of hydrogen-bond donors (Lipinski definition) is 0. The molecule has 1 nitrogen and oxygen atoms in total. The molecule has 27 heavy (non-hydrogen) atoms. The number of aryl methyl sites for hydroxylation is 3. The molecule has 0 aliphatic heterocycles. The molecule has 5 aromatic rings. The summed E-state index contributed by atoms with van der Waals surface area (Å²) in [7, 11) is 0. The summed E-state index contributed by atoms with van der Waals surface area (Å²) in [5.41, 5.74) is 8.45. The lowest BCUT2D eigenvalue weighted by molar-refractivity contribution is 0.664. The van der Waals surface area contributed by atoms with Gasteiger partial charge in [0.1, 0.15) is 11.2 Å². The Hall–Kier alpha value is -3.06. The van der Waals surface area contributed by atoms with E-state index in [9.17, 15) is 0 Å². The Morgan fingerprint density at radius 2 is 1.41 bits per heavy atom. The van der Waals surface area contributed by atoms with E-state index < -0.39 is 0 Å². The molecule has 0 spiro atoms. The van der Waals surface area contributed by atoms with Crippen molar-refractivity contribution in [3.63, 3.8) is 0 Å². The minimum Gasteiger partial charge on any atom is -0.456 e. The zero-order valence-corrected chi connectivity index (χ0v) is 16.0. The van der Waals surface area contributed by atoms with Crippen molar-refractivity contribution in [1.82, 2.24) is 0 Å². The highest BCUT2D eigenvalue weighted by molar-refractivity contribution is 6.06. The van der Waals surface area contributed by atoms with Gasteiger partial charge in [0.15, 0.2) is 0 Å². The predicted molar refractivity (Wildman–Crippen MR) is 115 cm³/mol. The van der Waals surface area contributed by atoms with Crippen molar-refractivity contribution < 1.29 is 4.42 Å². The molecule has 0 saturated carbocycles. The van der Waals surface area contributed by atoms with Crippen molar-refractivity contribution in [2.45, 2.75) is 27.2 Å². The van der Waals surface area contributed by atoms with Gasteiger partial charge in [-0.3, -0.25) is 0 Å². The molecule has 0 N–H and O–H groups in total. The second-order valence-corrected chi connectivity index (χ2v) is 7.67. The Morgan fingerprint density at radius 1 is 0.630 bits per heavy atom. The van der Waals surface area contributed by atoms with Gasteiger partial charge in [0.05, 0.1) is 0 Å². The summed E-state index contributed by atoms with van der Waals surface area (Å²) in [5.74, 6) is 0. The highest BCUT2D eigenvalue weighted by Crippen LogP contribution is 2.34. The first kappa shape index (κ1) is 16.1. The molecule has 0 saturated heterocycles. The SMILES string of the molecule is Cc1ccc2oc3c(Cc4ccc(C)c5ccccc45)cc(C)cc3c2c1. The summed E-state index contributed by atoms with van der Waals surface area (Å²) in [4.78, 5) is 0. The third-order valence-corrected chi connectivity index (χ3v) is 5.56. The average molecular weight is 350 g/mol. The first-order valence-corrected chi connectivity index (χ1v) is 9.50. The first-order chi connectivity index (χ1) is 13.1. The van der Waals surface area contributed by atoms with Crippen LogP contribution in [0.4, 0.5) is 0 Å². The second-order valence-electron chi connectivity index (χ2n) is 7.67. The highest BCUT2D eigenvalue weighted by Gasteiger charge is 2.14. The Bertz CT molecular complexity index is 1320. The van der Waals surface area contributed by atoms with E-state index in [0.29, 0.717) is 0 Å². The van der Waals surface area contributed by atoms with Crippen LogP contribution in [0.2, 0.25) is 0 Å². The van der Waals surface area contributed by atoms with Gasteiger partial charge in [0.25, 0.3) is 0 Å². The topological polar surface area (TPSA) is 13.1 Å². The van der Waals surface area contributed by atoms with Gasteiger partial charge in [-0.2, -0.15) is 0 Å². The molecule has 4 aromatic carbocycles. The van der Waals surface area contributed by atoms with Crippen LogP contribution in [-0.4, -0.2) is 0 Å². The van der Waals surface area contributed by atoms with E-state index in [1.807, 2.05) is 0 Å². The third-order valence-electron chi connectivity index (χ3n) is 5.56. The summed E-state index contributed by atoms with van der Waals surface area (Å²) < 4.78 is 6.30. The van der Waals surface area contributed by atoms with E-state index in [1.165, 1.54) is 49.4 Å². The smallest absolute Gasteiger partial charge is 0.138 e. The van der Waals surface area contributed by atoms with Crippen LogP contribution in [0.1, 0.15) is 27.8 Å². The normalized spacial score (nSPS) is 11.7. The van der Waals surface area contributed by atoms with Crippen LogP contribution in [0.25, 0.3) is 32.7 Å². The molecule has 0 atom stereocenters. The van der Waals surface area contributed by atoms with Gasteiger partial charge in [-0.15, -0.1) is 0 Å². The van der Waals surface area contributed by atoms with Gasteiger partial charge >= 0.3 is 0 Å². The molecule has 0 radical (unpaired) electrons. The van der Waals surface area contributed by atoms with Crippen LogP contribution < -0.4 is 0 Å². The molecule has 1 heteroatoms. The highest BCUT2D eigenvalue weighted by atomic mass is 16.3. The summed E-state index contributed by atoms with van der Waals surface area (Å²) >= 11 is 0. The van der Waals surface area contributed by atoms with E-state index in [4.69, 9.17) is 4.42 Å². The number of fused-ring (bicyclic) bond motifs is 4. The quantitative estimate of drug-likeness (QED) is 0.327. The molecule has 0 amide bonds. The van der Waals surface area contributed by atoms with E-state index >= 15 is 0 Å². The van der Waals surface area contributed by atoms with Crippen molar-refractivity contribution in [3.05, 3.63) is 94.5 Å². The van der Waals surface area contributed by atoms with Crippen LogP contribution in [-0.2, 0) is 6.42 Å². The minimum absolute atomic E-state index is 0.873. The lowest BCUT2D eigenvalue weighted by Gasteiger charge is -2.10. The van der Waals surface area contributed by atoms with E-state index in [0.717, 1.165) is 17.6 Å². The summed E-state index contributed by atoms with van der Waals surface area (Å²) in [6.45, 7) is 6.48. The molecule has 1 aromatic heterocycles. The van der Waals surface area contributed by atoms with Gasteiger partial charge in [-0.25, -0.2) is 0 Å². The molecule has 0 fully saturated rings. The average Bonchev–Trinajstić information content (AvgIpc) is 3.02. The Balaban J connectivity index is 1.74. The van der Waals surface area contributed by atoms with Crippen molar-refractivity contribution in [1.29, 1.82) is 0 Å². The van der Waals surface area contributed by atoms with Crippen LogP contribution in [0.5, 0.6) is 0 Å². The van der Waals surface area contributed by atoms with Gasteiger partial charge in [0.2, 0.25) is 0 Å². The van der Waals surface area contributed by atoms with Crippen LogP contribution in [0.15, 0.2) is 71.1 Å². The largest absolute Gasteiger partial charge is 0.456 e. The standard InChI is InChI=1S/C26H22O/c1-16-8-11-25-23(13-16)24-14-17(2)12-20(26(24)27-25)15-19-10-9-18(3)21-6-4-5-7-22(19)21/h4-14H,15H2,1-3H3. The molecular weight excluding hydrogens is 328 g/mol. The number of furan rings is 1. The zero-order chi connectivity index (χ0) is 18.5. The molecule has 132 valence electrons. The maximum atomic E-state index is 6.30. The molecular formula is C26H22O. The number of rotatable bonds is 2. The van der Waals surface area contributed by atoms with Gasteiger partial charge < -0.3 is 4.42 Å². The third kappa shape index (κ3) is 2.62. The van der Waals surface area contributed by atoms with Crippen LogP contribution in [0.3, 0.4) is 0 Å². The summed E-state index contributed by atoms with van der Waals surface area (Å²) in [5, 5.41) is 5.10. The van der Waals surface area contributed by atoms with E-state index in [1.54, 1.807) is 0 Å². The predicted octanol–water partition coefficient (Wildman–Crippen LogP) is 7.26. The van der Waals surface area contributed by atoms with E-state index in [2.05, 4.69) is 87.5 Å². The molecule has 1 heterocycles. The Morgan fingerprint density at radius 3 is 2.26 bits per heavy atom. The Kier molecular flexibility index (Phi) is 3.58. The fourth-order valence-electron chi connectivity index (χ4n) is 4.22. The van der Waals surface area contributed by atoms with Crippen molar-refractivity contribution >= 4 is 32.7 Å². The maximum Gasteiger partial charge on any atom is 0.138 e. The molecule has 0 aliphatic carbocycles. The van der Waals surface area contributed by atoms with Crippen LogP contribution >= 0.6 is 0 Å². The molecule has 0 unspecified atom stereocenters.